The van der Waals surface area contributed by atoms with Crippen LogP contribution in [0.5, 0.6) is 0 Å². The fraction of sp³-hybridized carbons (Fsp3) is 0.462. The molecule has 0 fully saturated rings. The van der Waals surface area contributed by atoms with E-state index in [2.05, 4.69) is 6.92 Å². The number of aromatic nitrogens is 1. The van der Waals surface area contributed by atoms with Crippen molar-refractivity contribution < 1.29 is 9.52 Å². The Bertz CT molecular complexity index is 553. The SMILES string of the molecule is CCCCCn1c(=O)oc2ccc(CO)cc21. The molecule has 0 saturated heterocycles. The van der Waals surface area contributed by atoms with Crippen LogP contribution < -0.4 is 5.76 Å². The van der Waals surface area contributed by atoms with E-state index in [-0.39, 0.29) is 12.4 Å². The summed E-state index contributed by atoms with van der Waals surface area (Å²) in [6.07, 6.45) is 3.18. The molecule has 1 aromatic carbocycles. The van der Waals surface area contributed by atoms with Gasteiger partial charge in [0.15, 0.2) is 5.58 Å². The molecule has 0 bridgehead atoms. The molecular formula is C13H17NO3. The van der Waals surface area contributed by atoms with Gasteiger partial charge in [-0.05, 0) is 24.1 Å². The average Bonchev–Trinajstić information content (AvgIpc) is 2.65. The fourth-order valence-corrected chi connectivity index (χ4v) is 1.94. The Labute approximate surface area is 99.5 Å². The lowest BCUT2D eigenvalue weighted by Gasteiger charge is -2.02. The zero-order valence-electron chi connectivity index (χ0n) is 9.98. The molecular weight excluding hydrogens is 218 g/mol. The molecule has 0 amide bonds. The third-order valence-electron chi connectivity index (χ3n) is 2.90. The number of nitrogens with zero attached hydrogens (tertiary/aromatic N) is 1. The van der Waals surface area contributed by atoms with Crippen LogP contribution in [0.4, 0.5) is 0 Å². The van der Waals surface area contributed by atoms with E-state index < -0.39 is 0 Å². The number of rotatable bonds is 5. The van der Waals surface area contributed by atoms with Gasteiger partial charge < -0.3 is 9.52 Å². The number of aliphatic hydroxyl groups is 1. The summed E-state index contributed by atoms with van der Waals surface area (Å²) in [6, 6.07) is 5.31. The predicted molar refractivity (Wildman–Crippen MR) is 65.9 cm³/mol. The summed E-state index contributed by atoms with van der Waals surface area (Å²) in [5, 5.41) is 9.09. The van der Waals surface area contributed by atoms with E-state index >= 15 is 0 Å². The summed E-state index contributed by atoms with van der Waals surface area (Å²) in [5.41, 5.74) is 2.16. The van der Waals surface area contributed by atoms with Gasteiger partial charge in [-0.25, -0.2) is 4.79 Å². The Morgan fingerprint density at radius 2 is 2.18 bits per heavy atom. The first-order chi connectivity index (χ1) is 8.26. The van der Waals surface area contributed by atoms with Gasteiger partial charge in [0.05, 0.1) is 12.1 Å². The fourth-order valence-electron chi connectivity index (χ4n) is 1.94. The molecule has 1 N–H and O–H groups in total. The number of fused-ring (bicyclic) bond motifs is 1. The van der Waals surface area contributed by atoms with Gasteiger partial charge in [0.25, 0.3) is 0 Å². The van der Waals surface area contributed by atoms with Gasteiger partial charge in [-0.1, -0.05) is 25.8 Å². The van der Waals surface area contributed by atoms with Crippen LogP contribution in [0.15, 0.2) is 27.4 Å². The standard InChI is InChI=1S/C13H17NO3/c1-2-3-4-7-14-11-8-10(9-15)5-6-12(11)17-13(14)16/h5-6,8,15H,2-4,7,9H2,1H3. The Kier molecular flexibility index (Phi) is 3.64. The van der Waals surface area contributed by atoms with Gasteiger partial charge in [-0.15, -0.1) is 0 Å². The molecule has 17 heavy (non-hydrogen) atoms. The smallest absolute Gasteiger partial charge is 0.408 e. The van der Waals surface area contributed by atoms with Crippen molar-refractivity contribution in [2.75, 3.05) is 0 Å². The number of hydrogen-bond donors (Lipinski definition) is 1. The van der Waals surface area contributed by atoms with Gasteiger partial charge in [-0.2, -0.15) is 0 Å². The topological polar surface area (TPSA) is 55.4 Å². The maximum atomic E-state index is 11.7. The van der Waals surface area contributed by atoms with E-state index in [4.69, 9.17) is 9.52 Å². The molecule has 0 radical (unpaired) electrons. The van der Waals surface area contributed by atoms with Crippen LogP contribution in [-0.2, 0) is 13.2 Å². The zero-order valence-corrected chi connectivity index (χ0v) is 9.98. The van der Waals surface area contributed by atoms with Crippen LogP contribution in [-0.4, -0.2) is 9.67 Å². The Balaban J connectivity index is 2.38. The molecule has 0 aliphatic rings. The Morgan fingerprint density at radius 3 is 2.88 bits per heavy atom. The van der Waals surface area contributed by atoms with Crippen molar-refractivity contribution in [1.29, 1.82) is 0 Å². The highest BCUT2D eigenvalue weighted by Crippen LogP contribution is 2.16. The number of aryl methyl sites for hydroxylation is 1. The average molecular weight is 235 g/mol. The van der Waals surface area contributed by atoms with Crippen molar-refractivity contribution in [2.24, 2.45) is 0 Å². The van der Waals surface area contributed by atoms with Crippen molar-refractivity contribution in [3.8, 4) is 0 Å². The molecule has 4 heteroatoms. The molecule has 4 nitrogen and oxygen atoms in total. The molecule has 0 aliphatic heterocycles. The summed E-state index contributed by atoms with van der Waals surface area (Å²) in [7, 11) is 0. The van der Waals surface area contributed by atoms with Gasteiger partial charge >= 0.3 is 5.76 Å². The first-order valence-electron chi connectivity index (χ1n) is 5.99. The zero-order chi connectivity index (χ0) is 12.3. The van der Waals surface area contributed by atoms with Crippen LogP contribution in [0.3, 0.4) is 0 Å². The van der Waals surface area contributed by atoms with Crippen molar-refractivity contribution in [3.63, 3.8) is 0 Å². The monoisotopic (exact) mass is 235 g/mol. The third kappa shape index (κ3) is 2.42. The molecule has 0 saturated carbocycles. The Hall–Kier alpha value is -1.55. The van der Waals surface area contributed by atoms with Gasteiger partial charge in [0.1, 0.15) is 0 Å². The van der Waals surface area contributed by atoms with Gasteiger partial charge in [-0.3, -0.25) is 4.57 Å². The van der Waals surface area contributed by atoms with Crippen LogP contribution >= 0.6 is 0 Å². The van der Waals surface area contributed by atoms with Crippen LogP contribution in [0, 0.1) is 0 Å². The van der Waals surface area contributed by atoms with E-state index in [1.54, 1.807) is 16.7 Å². The largest absolute Gasteiger partial charge is 0.419 e. The minimum absolute atomic E-state index is 0.0235. The minimum Gasteiger partial charge on any atom is -0.408 e. The summed E-state index contributed by atoms with van der Waals surface area (Å²) >= 11 is 0. The lowest BCUT2D eigenvalue weighted by Crippen LogP contribution is -2.14. The number of oxazole rings is 1. The second kappa shape index (κ2) is 5.19. The van der Waals surface area contributed by atoms with Crippen molar-refractivity contribution >= 4 is 11.1 Å². The molecule has 92 valence electrons. The lowest BCUT2D eigenvalue weighted by atomic mass is 10.2. The molecule has 0 unspecified atom stereocenters. The number of benzene rings is 1. The molecule has 1 aromatic heterocycles. The molecule has 0 aliphatic carbocycles. The first kappa shape index (κ1) is 11.9. The first-order valence-corrected chi connectivity index (χ1v) is 5.99. The van der Waals surface area contributed by atoms with Gasteiger partial charge in [0, 0.05) is 6.54 Å². The van der Waals surface area contributed by atoms with E-state index in [0.29, 0.717) is 12.1 Å². The summed E-state index contributed by atoms with van der Waals surface area (Å²) < 4.78 is 6.80. The third-order valence-corrected chi connectivity index (χ3v) is 2.90. The van der Waals surface area contributed by atoms with Crippen molar-refractivity contribution in [3.05, 3.63) is 34.3 Å². The normalized spacial score (nSPS) is 11.2. The summed E-state index contributed by atoms with van der Waals surface area (Å²) in [6.45, 7) is 2.78. The predicted octanol–water partition coefficient (Wildman–Crippen LogP) is 2.28. The second-order valence-electron chi connectivity index (χ2n) is 4.19. The molecule has 1 heterocycles. The second-order valence-corrected chi connectivity index (χ2v) is 4.19. The molecule has 0 atom stereocenters. The van der Waals surface area contributed by atoms with E-state index in [9.17, 15) is 4.79 Å². The quantitative estimate of drug-likeness (QED) is 0.809. The highest BCUT2D eigenvalue weighted by molar-refractivity contribution is 5.73. The highest BCUT2D eigenvalue weighted by Gasteiger charge is 2.09. The maximum Gasteiger partial charge on any atom is 0.419 e. The highest BCUT2D eigenvalue weighted by atomic mass is 16.4. The van der Waals surface area contributed by atoms with Crippen molar-refractivity contribution in [2.45, 2.75) is 39.3 Å². The molecule has 2 rings (SSSR count). The van der Waals surface area contributed by atoms with Crippen LogP contribution in [0.2, 0.25) is 0 Å². The summed E-state index contributed by atoms with van der Waals surface area (Å²) in [4.78, 5) is 11.7. The molecule has 2 aromatic rings. The van der Waals surface area contributed by atoms with Crippen molar-refractivity contribution in [1.82, 2.24) is 4.57 Å². The maximum absolute atomic E-state index is 11.7. The van der Waals surface area contributed by atoms with E-state index in [1.165, 1.54) is 0 Å². The number of aliphatic hydroxyl groups excluding tert-OH is 1. The van der Waals surface area contributed by atoms with Gasteiger partial charge in [0.2, 0.25) is 0 Å². The van der Waals surface area contributed by atoms with Crippen LogP contribution in [0.1, 0.15) is 31.7 Å². The number of hydrogen-bond acceptors (Lipinski definition) is 3. The van der Waals surface area contributed by atoms with Crippen LogP contribution in [0.25, 0.3) is 11.1 Å². The Morgan fingerprint density at radius 1 is 1.35 bits per heavy atom. The molecule has 0 spiro atoms. The minimum atomic E-state index is -0.314. The lowest BCUT2D eigenvalue weighted by molar-refractivity contribution is 0.282. The van der Waals surface area contributed by atoms with E-state index in [1.807, 2.05) is 6.07 Å². The van der Waals surface area contributed by atoms with E-state index in [0.717, 1.165) is 30.3 Å². The number of unbranched alkanes of at least 4 members (excludes halogenated alkanes) is 2. The summed E-state index contributed by atoms with van der Waals surface area (Å²) in [5.74, 6) is -0.314.